The number of aliphatic hydroxyl groups excluding tert-OH is 5. The lowest BCUT2D eigenvalue weighted by Crippen LogP contribution is -2.60. The van der Waals surface area contributed by atoms with E-state index in [2.05, 4.69) is 43.5 Å². The number of allylic oxidation sites excluding steroid dienone is 5. The summed E-state index contributed by atoms with van der Waals surface area (Å²) in [6, 6.07) is -0.828. The van der Waals surface area contributed by atoms with Gasteiger partial charge in [-0.1, -0.05) is 365 Å². The van der Waals surface area contributed by atoms with Crippen LogP contribution in [0.15, 0.2) is 36.5 Å². The van der Waals surface area contributed by atoms with Crippen LogP contribution in [0.4, 0.5) is 0 Å². The van der Waals surface area contributed by atoms with Crippen LogP contribution in [0.5, 0.6) is 0 Å². The van der Waals surface area contributed by atoms with E-state index < -0.39 is 49.5 Å². The Bertz CT molecular complexity index is 1420. The lowest BCUT2D eigenvalue weighted by Gasteiger charge is -2.40. The van der Waals surface area contributed by atoms with Gasteiger partial charge in [0, 0.05) is 6.42 Å². The highest BCUT2D eigenvalue weighted by Crippen LogP contribution is 2.24. The normalized spacial score (nSPS) is 18.3. The lowest BCUT2D eigenvalue weighted by atomic mass is 9.99. The smallest absolute Gasteiger partial charge is 0.220 e. The molecule has 1 saturated heterocycles. The third-order valence-corrected chi connectivity index (χ3v) is 17.9. The van der Waals surface area contributed by atoms with E-state index in [1.165, 1.54) is 315 Å². The molecule has 0 bridgehead atoms. The molecule has 84 heavy (non-hydrogen) atoms. The van der Waals surface area contributed by atoms with E-state index >= 15 is 0 Å². The van der Waals surface area contributed by atoms with E-state index in [0.29, 0.717) is 6.42 Å². The molecule has 1 aliphatic rings. The van der Waals surface area contributed by atoms with Crippen molar-refractivity contribution >= 4 is 5.91 Å². The molecule has 0 radical (unpaired) electrons. The average Bonchev–Trinajstić information content (AvgIpc) is 3.70. The molecule has 0 aromatic carbocycles. The molecule has 9 heteroatoms. The number of unbranched alkanes of at least 4 members (excludes halogenated alkanes) is 52. The summed E-state index contributed by atoms with van der Waals surface area (Å²) in [4.78, 5) is 13.1. The third kappa shape index (κ3) is 52.4. The molecule has 1 aliphatic heterocycles. The fraction of sp³-hybridized carbons (Fsp3) is 0.907. The Morgan fingerprint density at radius 2 is 0.679 bits per heavy atom. The molecule has 1 heterocycles. The van der Waals surface area contributed by atoms with Crippen molar-refractivity contribution in [3.8, 4) is 0 Å². The number of hydrogen-bond acceptors (Lipinski definition) is 8. The molecule has 7 atom stereocenters. The van der Waals surface area contributed by atoms with Gasteiger partial charge in [-0.25, -0.2) is 0 Å². The highest BCUT2D eigenvalue weighted by molar-refractivity contribution is 5.76. The number of aliphatic hydroxyl groups is 5. The molecular weight excluding hydrogens is 1040 g/mol. The van der Waals surface area contributed by atoms with Crippen molar-refractivity contribution in [3.05, 3.63) is 36.5 Å². The van der Waals surface area contributed by atoms with Crippen molar-refractivity contribution in [1.29, 1.82) is 0 Å². The molecule has 0 aliphatic carbocycles. The molecule has 0 saturated carbocycles. The molecule has 9 nitrogen and oxygen atoms in total. The summed E-state index contributed by atoms with van der Waals surface area (Å²) in [5.41, 5.74) is 0. The Hall–Kier alpha value is -1.59. The standard InChI is InChI=1S/C75H143NO8/c1-3-5-7-9-11-13-15-17-19-21-23-25-27-29-31-33-34-35-37-39-41-43-45-47-49-51-53-55-57-59-61-63-65-71(79)76-68(67-83-75-74(82)73(81)72(80)70(66-77)84-75)69(78)64-62-60-58-56-54-52-50-48-46-44-42-40-38-36-32-30-28-26-24-22-20-18-16-14-12-10-8-6-4-2/h46,48,54,56,62,64,68-70,72-75,77-78,80-82H,3-45,47,49-53,55,57-61,63,65-67H2,1-2H3,(H,76,79)/b48-46+,56-54+,64-62+. The van der Waals surface area contributed by atoms with Crippen molar-refractivity contribution in [2.45, 2.75) is 423 Å². The number of nitrogens with one attached hydrogen (secondary N) is 1. The quantitative estimate of drug-likeness (QED) is 0.0261. The minimum Gasteiger partial charge on any atom is -0.394 e. The molecule has 1 fully saturated rings. The number of carbonyl (C=O) groups excluding carboxylic acids is 1. The zero-order chi connectivity index (χ0) is 60.7. The van der Waals surface area contributed by atoms with Gasteiger partial charge in [-0.3, -0.25) is 4.79 Å². The van der Waals surface area contributed by atoms with Crippen LogP contribution in [0.1, 0.15) is 380 Å². The van der Waals surface area contributed by atoms with Gasteiger partial charge in [0.05, 0.1) is 25.4 Å². The molecule has 1 amide bonds. The first-order chi connectivity index (χ1) is 41.3. The van der Waals surface area contributed by atoms with Crippen LogP contribution < -0.4 is 5.32 Å². The van der Waals surface area contributed by atoms with Crippen LogP contribution in [-0.4, -0.2) is 87.5 Å². The Kier molecular flexibility index (Phi) is 61.7. The maximum atomic E-state index is 13.1. The van der Waals surface area contributed by atoms with Gasteiger partial charge in [-0.2, -0.15) is 0 Å². The summed E-state index contributed by atoms with van der Waals surface area (Å²) in [6.45, 7) is 3.82. The minimum absolute atomic E-state index is 0.182. The summed E-state index contributed by atoms with van der Waals surface area (Å²) in [5, 5.41) is 54.8. The Balaban J connectivity index is 2.12. The van der Waals surface area contributed by atoms with E-state index in [1.54, 1.807) is 6.08 Å². The Labute approximate surface area is 521 Å². The summed E-state index contributed by atoms with van der Waals surface area (Å²) in [5.74, 6) is -0.182. The number of rotatable bonds is 66. The molecule has 0 aromatic rings. The predicted octanol–water partition coefficient (Wildman–Crippen LogP) is 20.6. The Morgan fingerprint density at radius 1 is 0.393 bits per heavy atom. The van der Waals surface area contributed by atoms with Crippen LogP contribution in [0, 0.1) is 0 Å². The van der Waals surface area contributed by atoms with Crippen LogP contribution in [0.25, 0.3) is 0 Å². The van der Waals surface area contributed by atoms with E-state index in [-0.39, 0.29) is 12.5 Å². The van der Waals surface area contributed by atoms with Gasteiger partial charge in [-0.15, -0.1) is 0 Å². The zero-order valence-corrected chi connectivity index (χ0v) is 55.7. The SMILES string of the molecule is CCCCCCCCCCCCCCCCCCCCC/C=C/CC/C=C/CC/C=C/C(O)C(COC1OC(CO)C(O)C(O)C1O)NC(=O)CCCCCCCCCCCCCCCCCCCCCCCCCCCCCCCCCC. The van der Waals surface area contributed by atoms with Gasteiger partial charge in [-0.05, 0) is 44.9 Å². The first kappa shape index (κ1) is 80.4. The Morgan fingerprint density at radius 3 is 1.00 bits per heavy atom. The van der Waals surface area contributed by atoms with E-state index in [4.69, 9.17) is 9.47 Å². The number of carbonyl (C=O) groups is 1. The van der Waals surface area contributed by atoms with Crippen molar-refractivity contribution < 1.29 is 39.8 Å². The summed E-state index contributed by atoms with van der Waals surface area (Å²) in [7, 11) is 0. The number of hydrogen-bond donors (Lipinski definition) is 6. The van der Waals surface area contributed by atoms with E-state index in [9.17, 15) is 30.3 Å². The topological polar surface area (TPSA) is 149 Å². The van der Waals surface area contributed by atoms with Gasteiger partial charge in [0.15, 0.2) is 6.29 Å². The molecule has 0 spiro atoms. The van der Waals surface area contributed by atoms with Crippen molar-refractivity contribution in [2.75, 3.05) is 13.2 Å². The third-order valence-electron chi connectivity index (χ3n) is 17.9. The molecule has 6 N–H and O–H groups in total. The van der Waals surface area contributed by atoms with Crippen LogP contribution in [0.2, 0.25) is 0 Å². The van der Waals surface area contributed by atoms with Crippen LogP contribution in [-0.2, 0) is 14.3 Å². The lowest BCUT2D eigenvalue weighted by molar-refractivity contribution is -0.302. The van der Waals surface area contributed by atoms with Crippen LogP contribution >= 0.6 is 0 Å². The summed E-state index contributed by atoms with van der Waals surface area (Å²) in [6.07, 6.45) is 80.0. The monoisotopic (exact) mass is 1190 g/mol. The fourth-order valence-electron chi connectivity index (χ4n) is 12.1. The maximum Gasteiger partial charge on any atom is 0.220 e. The number of amides is 1. The predicted molar refractivity (Wildman–Crippen MR) is 360 cm³/mol. The first-order valence-electron chi connectivity index (χ1n) is 37.2. The largest absolute Gasteiger partial charge is 0.394 e. The zero-order valence-electron chi connectivity index (χ0n) is 55.7. The second-order valence-electron chi connectivity index (χ2n) is 26.1. The summed E-state index contributed by atoms with van der Waals surface area (Å²) < 4.78 is 11.3. The van der Waals surface area contributed by atoms with Crippen molar-refractivity contribution in [3.63, 3.8) is 0 Å². The number of ether oxygens (including phenoxy) is 2. The average molecular weight is 1190 g/mol. The first-order valence-corrected chi connectivity index (χ1v) is 37.2. The highest BCUT2D eigenvalue weighted by atomic mass is 16.7. The van der Waals surface area contributed by atoms with Crippen molar-refractivity contribution in [1.82, 2.24) is 5.32 Å². The van der Waals surface area contributed by atoms with Gasteiger partial charge in [0.2, 0.25) is 5.91 Å². The summed E-state index contributed by atoms with van der Waals surface area (Å²) >= 11 is 0. The molecule has 0 aromatic heterocycles. The minimum atomic E-state index is -1.58. The molecule has 496 valence electrons. The van der Waals surface area contributed by atoms with E-state index in [1.807, 2.05) is 6.08 Å². The van der Waals surface area contributed by atoms with Gasteiger partial charge in [0.25, 0.3) is 0 Å². The molecular formula is C75H143NO8. The van der Waals surface area contributed by atoms with Gasteiger partial charge < -0.3 is 40.3 Å². The van der Waals surface area contributed by atoms with Gasteiger partial charge >= 0.3 is 0 Å². The highest BCUT2D eigenvalue weighted by Gasteiger charge is 2.44. The van der Waals surface area contributed by atoms with Crippen LogP contribution in [0.3, 0.4) is 0 Å². The van der Waals surface area contributed by atoms with Crippen molar-refractivity contribution in [2.24, 2.45) is 0 Å². The maximum absolute atomic E-state index is 13.1. The second kappa shape index (κ2) is 64.4. The van der Waals surface area contributed by atoms with Gasteiger partial charge in [0.1, 0.15) is 24.4 Å². The molecule has 1 rings (SSSR count). The molecule has 7 unspecified atom stereocenters. The second-order valence-corrected chi connectivity index (χ2v) is 26.1. The van der Waals surface area contributed by atoms with E-state index in [0.717, 1.165) is 44.9 Å². The fourth-order valence-corrected chi connectivity index (χ4v) is 12.1.